The van der Waals surface area contributed by atoms with Crippen LogP contribution in [0.4, 0.5) is 11.1 Å². The van der Waals surface area contributed by atoms with E-state index in [1.54, 1.807) is 29.1 Å². The van der Waals surface area contributed by atoms with Gasteiger partial charge >= 0.3 is 0 Å². The summed E-state index contributed by atoms with van der Waals surface area (Å²) >= 11 is 1.37. The average Bonchev–Trinajstić information content (AvgIpc) is 3.41. The van der Waals surface area contributed by atoms with Crippen LogP contribution >= 0.6 is 11.3 Å². The Kier molecular flexibility index (Phi) is 4.37. The molecule has 0 unspecified atom stereocenters. The van der Waals surface area contributed by atoms with Gasteiger partial charge in [0.15, 0.2) is 5.13 Å². The lowest BCUT2D eigenvalue weighted by Crippen LogP contribution is -1.99. The molecule has 3 aromatic heterocycles. The number of aromatic amines is 1. The maximum Gasteiger partial charge on any atom is 0.248 e. The molecule has 0 bridgehead atoms. The first-order valence-electron chi connectivity index (χ1n) is 7.99. The number of nitrogens with one attached hydrogen (secondary N) is 2. The summed E-state index contributed by atoms with van der Waals surface area (Å²) in [5, 5.41) is 30.0. The Bertz CT molecular complexity index is 1140. The van der Waals surface area contributed by atoms with E-state index in [9.17, 15) is 10.4 Å². The summed E-state index contributed by atoms with van der Waals surface area (Å²) in [5.41, 5.74) is 2.00. The smallest absolute Gasteiger partial charge is 0.248 e. The third kappa shape index (κ3) is 3.29. The fourth-order valence-electron chi connectivity index (χ4n) is 2.58. The molecule has 3 N–H and O–H groups in total. The number of nitriles is 1. The molecular weight excluding hydrogens is 364 g/mol. The zero-order valence-corrected chi connectivity index (χ0v) is 15.0. The van der Waals surface area contributed by atoms with Crippen molar-refractivity contribution in [1.82, 2.24) is 29.7 Å². The molecule has 0 saturated carbocycles. The van der Waals surface area contributed by atoms with Gasteiger partial charge in [-0.2, -0.15) is 10.2 Å². The number of hydrogen-bond donors (Lipinski definition) is 3. The van der Waals surface area contributed by atoms with Crippen LogP contribution in [0.15, 0.2) is 36.7 Å². The third-order valence-corrected chi connectivity index (χ3v) is 4.74. The van der Waals surface area contributed by atoms with Gasteiger partial charge in [-0.3, -0.25) is 15.0 Å². The first-order valence-corrected chi connectivity index (χ1v) is 8.80. The molecule has 1 aromatic carbocycles. The predicted octanol–water partition coefficient (Wildman–Crippen LogP) is 2.53. The summed E-state index contributed by atoms with van der Waals surface area (Å²) < 4.78 is 1.78. The van der Waals surface area contributed by atoms with E-state index in [2.05, 4.69) is 36.5 Å². The molecule has 4 aromatic rings. The van der Waals surface area contributed by atoms with Gasteiger partial charge in [-0.15, -0.1) is 5.10 Å². The lowest BCUT2D eigenvalue weighted by molar-refractivity contribution is 0.269. The largest absolute Gasteiger partial charge is 0.388 e. The Balaban J connectivity index is 1.83. The van der Waals surface area contributed by atoms with Crippen molar-refractivity contribution in [1.29, 1.82) is 5.26 Å². The molecule has 3 heterocycles. The second-order valence-electron chi connectivity index (χ2n) is 5.61. The Labute approximate surface area is 158 Å². The molecule has 0 saturated heterocycles. The van der Waals surface area contributed by atoms with Crippen LogP contribution in [0.1, 0.15) is 17.2 Å². The lowest BCUT2D eigenvalue weighted by atomic mass is 10.1. The number of anilines is 2. The number of benzene rings is 1. The molecule has 0 aliphatic carbocycles. The van der Waals surface area contributed by atoms with E-state index >= 15 is 0 Å². The van der Waals surface area contributed by atoms with E-state index in [0.717, 1.165) is 10.6 Å². The normalized spacial score (nSPS) is 10.7. The lowest BCUT2D eigenvalue weighted by Gasteiger charge is -2.06. The molecular formula is C17H14N8OS. The number of hydrogen-bond acceptors (Lipinski definition) is 8. The molecule has 27 heavy (non-hydrogen) atoms. The fraction of sp³-hybridized carbons (Fsp3) is 0.118. The molecule has 10 heteroatoms. The van der Waals surface area contributed by atoms with Gasteiger partial charge in [0, 0.05) is 18.0 Å². The van der Waals surface area contributed by atoms with Gasteiger partial charge in [-0.1, -0.05) is 23.5 Å². The minimum atomic E-state index is -0.203. The number of H-pyrrole nitrogens is 1. The number of aromatic nitrogens is 6. The highest BCUT2D eigenvalue weighted by Crippen LogP contribution is 2.36. The highest BCUT2D eigenvalue weighted by atomic mass is 32.1. The van der Waals surface area contributed by atoms with Gasteiger partial charge in [0.2, 0.25) is 5.95 Å². The van der Waals surface area contributed by atoms with Crippen molar-refractivity contribution >= 4 is 22.4 Å². The quantitative estimate of drug-likeness (QED) is 0.487. The van der Waals surface area contributed by atoms with Crippen LogP contribution in [-0.4, -0.2) is 34.8 Å². The van der Waals surface area contributed by atoms with Gasteiger partial charge in [0.1, 0.15) is 29.0 Å². The first-order chi connectivity index (χ1) is 13.2. The van der Waals surface area contributed by atoms with Crippen molar-refractivity contribution < 1.29 is 5.11 Å². The summed E-state index contributed by atoms with van der Waals surface area (Å²) in [6, 6.07) is 9.34. The molecule has 0 radical (unpaired) electrons. The van der Waals surface area contributed by atoms with Gasteiger partial charge in [-0.05, 0) is 19.1 Å². The summed E-state index contributed by atoms with van der Waals surface area (Å²) in [4.78, 5) is 13.1. The van der Waals surface area contributed by atoms with Crippen molar-refractivity contribution in [2.24, 2.45) is 0 Å². The number of thiazole rings is 1. The number of aliphatic hydroxyl groups excluding tert-OH is 1. The van der Waals surface area contributed by atoms with Crippen LogP contribution in [0.5, 0.6) is 0 Å². The van der Waals surface area contributed by atoms with Gasteiger partial charge in [0.05, 0.1) is 11.6 Å². The van der Waals surface area contributed by atoms with E-state index in [1.807, 2.05) is 19.1 Å². The Morgan fingerprint density at radius 3 is 3.00 bits per heavy atom. The van der Waals surface area contributed by atoms with Crippen LogP contribution in [0, 0.1) is 18.3 Å². The van der Waals surface area contributed by atoms with E-state index in [1.165, 1.54) is 11.3 Å². The van der Waals surface area contributed by atoms with E-state index in [4.69, 9.17) is 0 Å². The highest BCUT2D eigenvalue weighted by molar-refractivity contribution is 7.18. The number of aryl methyl sites for hydroxylation is 1. The van der Waals surface area contributed by atoms with Crippen LogP contribution in [-0.2, 0) is 6.61 Å². The van der Waals surface area contributed by atoms with Crippen LogP contribution < -0.4 is 5.32 Å². The molecule has 134 valence electrons. The topological polar surface area (TPSA) is 128 Å². The zero-order chi connectivity index (χ0) is 18.8. The summed E-state index contributed by atoms with van der Waals surface area (Å²) in [6.45, 7) is 1.61. The maximum absolute atomic E-state index is 9.58. The van der Waals surface area contributed by atoms with Gasteiger partial charge < -0.3 is 5.11 Å². The number of aliphatic hydroxyl groups is 1. The standard InChI is InChI=1S/C17H14N8OS/c1-10-20-16(24-23-10)22-17-21-14(12-4-2-3-11(7-12)8-18)15(27-17)25-6-5-19-13(25)9-26/h2-7,26H,9H2,1H3,(H2,20,21,22,23,24). The average molecular weight is 378 g/mol. The Morgan fingerprint density at radius 2 is 2.26 bits per heavy atom. The van der Waals surface area contributed by atoms with Crippen LogP contribution in [0.25, 0.3) is 16.3 Å². The molecule has 0 atom stereocenters. The SMILES string of the molecule is Cc1nc(Nc2nc(-c3cccc(C#N)c3)c(-n3ccnc3CO)s2)n[nH]1. The number of rotatable bonds is 5. The molecule has 0 aliphatic rings. The van der Waals surface area contributed by atoms with E-state index in [-0.39, 0.29) is 6.61 Å². The highest BCUT2D eigenvalue weighted by Gasteiger charge is 2.18. The molecule has 0 spiro atoms. The van der Waals surface area contributed by atoms with E-state index in [0.29, 0.717) is 34.0 Å². The van der Waals surface area contributed by atoms with Crippen molar-refractivity contribution in [3.05, 3.63) is 53.9 Å². The van der Waals surface area contributed by atoms with Crippen LogP contribution in [0.3, 0.4) is 0 Å². The molecule has 0 fully saturated rings. The fourth-order valence-corrected chi connectivity index (χ4v) is 3.57. The van der Waals surface area contributed by atoms with Gasteiger partial charge in [-0.25, -0.2) is 9.97 Å². The Hall–Kier alpha value is -3.55. The van der Waals surface area contributed by atoms with Crippen molar-refractivity contribution in [2.75, 3.05) is 5.32 Å². The van der Waals surface area contributed by atoms with Gasteiger partial charge in [0.25, 0.3) is 0 Å². The maximum atomic E-state index is 9.58. The van der Waals surface area contributed by atoms with Crippen LogP contribution in [0.2, 0.25) is 0 Å². The number of nitrogens with zero attached hydrogens (tertiary/aromatic N) is 6. The minimum absolute atomic E-state index is 0.203. The Morgan fingerprint density at radius 1 is 1.37 bits per heavy atom. The zero-order valence-electron chi connectivity index (χ0n) is 14.2. The minimum Gasteiger partial charge on any atom is -0.388 e. The van der Waals surface area contributed by atoms with Crippen molar-refractivity contribution in [3.63, 3.8) is 0 Å². The predicted molar refractivity (Wildman–Crippen MR) is 99.7 cm³/mol. The van der Waals surface area contributed by atoms with Crippen molar-refractivity contribution in [3.8, 4) is 22.3 Å². The summed E-state index contributed by atoms with van der Waals surface area (Å²) in [6.07, 6.45) is 3.38. The second kappa shape index (κ2) is 6.99. The third-order valence-electron chi connectivity index (χ3n) is 3.77. The first kappa shape index (κ1) is 16.9. The summed E-state index contributed by atoms with van der Waals surface area (Å²) in [5.74, 6) is 1.60. The molecule has 0 amide bonds. The van der Waals surface area contributed by atoms with Crippen molar-refractivity contribution in [2.45, 2.75) is 13.5 Å². The molecule has 4 rings (SSSR count). The molecule has 0 aliphatic heterocycles. The molecule has 9 nitrogen and oxygen atoms in total. The van der Waals surface area contributed by atoms with E-state index < -0.39 is 0 Å². The second-order valence-corrected chi connectivity index (χ2v) is 6.58. The number of imidazole rings is 1. The summed E-state index contributed by atoms with van der Waals surface area (Å²) in [7, 11) is 0. The monoisotopic (exact) mass is 378 g/mol.